The number of anilines is 1. The summed E-state index contributed by atoms with van der Waals surface area (Å²) in [5, 5.41) is 6.86. The number of rotatable bonds is 3. The largest absolute Gasteiger partial charge is 0.342 e. The van der Waals surface area contributed by atoms with Gasteiger partial charge in [-0.3, -0.25) is 14.9 Å². The molecule has 1 aromatic carbocycles. The van der Waals surface area contributed by atoms with Gasteiger partial charge in [0, 0.05) is 31.6 Å². The van der Waals surface area contributed by atoms with E-state index in [0.717, 1.165) is 24.1 Å². The predicted molar refractivity (Wildman–Crippen MR) is 93.0 cm³/mol. The molecule has 0 saturated carbocycles. The van der Waals surface area contributed by atoms with Gasteiger partial charge < -0.3 is 9.42 Å². The van der Waals surface area contributed by atoms with E-state index in [4.69, 9.17) is 4.52 Å². The SMILES string of the molecule is CC(=O)N1CC[C@@H](C(=O)Nc2cc(-c3ccc4c(c3)CCC4)no2)C1. The Balaban J connectivity index is 1.43. The van der Waals surface area contributed by atoms with E-state index in [-0.39, 0.29) is 17.7 Å². The van der Waals surface area contributed by atoms with Crippen molar-refractivity contribution in [3.05, 3.63) is 35.4 Å². The van der Waals surface area contributed by atoms with Crippen LogP contribution in [0, 0.1) is 5.92 Å². The molecule has 0 unspecified atom stereocenters. The van der Waals surface area contributed by atoms with Gasteiger partial charge in [-0.05, 0) is 42.9 Å². The number of hydrogen-bond donors (Lipinski definition) is 1. The zero-order valence-electron chi connectivity index (χ0n) is 14.2. The van der Waals surface area contributed by atoms with Crippen LogP contribution in [-0.4, -0.2) is 35.0 Å². The summed E-state index contributed by atoms with van der Waals surface area (Å²) in [6, 6.07) is 8.12. The van der Waals surface area contributed by atoms with Crippen molar-refractivity contribution in [1.82, 2.24) is 10.1 Å². The van der Waals surface area contributed by atoms with Gasteiger partial charge in [-0.15, -0.1) is 0 Å². The minimum absolute atomic E-state index is 0.00820. The summed E-state index contributed by atoms with van der Waals surface area (Å²) in [7, 11) is 0. The van der Waals surface area contributed by atoms with Gasteiger partial charge in [-0.1, -0.05) is 17.3 Å². The van der Waals surface area contributed by atoms with Crippen molar-refractivity contribution in [2.45, 2.75) is 32.6 Å². The van der Waals surface area contributed by atoms with Crippen molar-refractivity contribution in [2.75, 3.05) is 18.4 Å². The third kappa shape index (κ3) is 3.16. The molecule has 0 bridgehead atoms. The Morgan fingerprint density at radius 3 is 2.88 bits per heavy atom. The second-order valence-electron chi connectivity index (χ2n) is 6.85. The molecule has 6 heteroatoms. The molecular weight excluding hydrogens is 318 g/mol. The average molecular weight is 339 g/mol. The van der Waals surface area contributed by atoms with Crippen LogP contribution in [0.1, 0.15) is 30.9 Å². The van der Waals surface area contributed by atoms with Crippen molar-refractivity contribution in [3.63, 3.8) is 0 Å². The van der Waals surface area contributed by atoms with E-state index in [1.54, 1.807) is 11.0 Å². The summed E-state index contributed by atoms with van der Waals surface area (Å²) < 4.78 is 5.28. The van der Waals surface area contributed by atoms with Crippen LogP contribution < -0.4 is 5.32 Å². The molecule has 1 fully saturated rings. The van der Waals surface area contributed by atoms with Gasteiger partial charge in [0.1, 0.15) is 5.69 Å². The summed E-state index contributed by atoms with van der Waals surface area (Å²) >= 11 is 0. The first-order valence-electron chi connectivity index (χ1n) is 8.75. The maximum atomic E-state index is 12.3. The fraction of sp³-hybridized carbons (Fsp3) is 0.421. The Morgan fingerprint density at radius 2 is 2.08 bits per heavy atom. The van der Waals surface area contributed by atoms with Gasteiger partial charge in [0.05, 0.1) is 5.92 Å². The van der Waals surface area contributed by atoms with E-state index in [1.165, 1.54) is 24.5 Å². The highest BCUT2D eigenvalue weighted by Gasteiger charge is 2.30. The Hall–Kier alpha value is -2.63. The number of carbonyl (C=O) groups is 2. The van der Waals surface area contributed by atoms with E-state index in [0.29, 0.717) is 25.4 Å². The number of amides is 2. The summed E-state index contributed by atoms with van der Waals surface area (Å²) in [5.41, 5.74) is 4.52. The molecule has 130 valence electrons. The van der Waals surface area contributed by atoms with Gasteiger partial charge in [0.25, 0.3) is 0 Å². The lowest BCUT2D eigenvalue weighted by Gasteiger charge is -2.13. The molecular formula is C19H21N3O3. The van der Waals surface area contributed by atoms with Crippen LogP contribution in [0.4, 0.5) is 5.88 Å². The monoisotopic (exact) mass is 339 g/mol. The lowest BCUT2D eigenvalue weighted by atomic mass is 10.0. The first kappa shape index (κ1) is 15.9. The number of hydrogen-bond acceptors (Lipinski definition) is 4. The smallest absolute Gasteiger partial charge is 0.231 e. The van der Waals surface area contributed by atoms with Crippen LogP contribution >= 0.6 is 0 Å². The second kappa shape index (κ2) is 6.35. The fourth-order valence-corrected chi connectivity index (χ4v) is 3.69. The molecule has 2 amide bonds. The Kier molecular flexibility index (Phi) is 4.03. The summed E-state index contributed by atoms with van der Waals surface area (Å²) in [4.78, 5) is 25.4. The number of carbonyl (C=O) groups excluding carboxylic acids is 2. The average Bonchev–Trinajstić information content (AvgIpc) is 3.33. The first-order valence-corrected chi connectivity index (χ1v) is 8.75. The Labute approximate surface area is 146 Å². The van der Waals surface area contributed by atoms with Crippen LogP contribution in [-0.2, 0) is 22.4 Å². The summed E-state index contributed by atoms with van der Waals surface area (Å²) in [5.74, 6) is 0.0356. The number of nitrogens with one attached hydrogen (secondary N) is 1. The zero-order chi connectivity index (χ0) is 17.4. The third-order valence-electron chi connectivity index (χ3n) is 5.16. The molecule has 1 atom stereocenters. The molecule has 2 aliphatic rings. The molecule has 25 heavy (non-hydrogen) atoms. The van der Waals surface area contributed by atoms with Crippen LogP contribution in [0.2, 0.25) is 0 Å². The highest BCUT2D eigenvalue weighted by atomic mass is 16.5. The summed E-state index contributed by atoms with van der Waals surface area (Å²) in [6.45, 7) is 2.62. The van der Waals surface area contributed by atoms with Crippen LogP contribution in [0.3, 0.4) is 0 Å². The molecule has 1 aliphatic carbocycles. The maximum absolute atomic E-state index is 12.3. The van der Waals surface area contributed by atoms with Gasteiger partial charge in [-0.2, -0.15) is 0 Å². The van der Waals surface area contributed by atoms with Gasteiger partial charge in [0.15, 0.2) is 0 Å². The topological polar surface area (TPSA) is 75.4 Å². The van der Waals surface area contributed by atoms with Crippen LogP contribution in [0.15, 0.2) is 28.8 Å². The number of fused-ring (bicyclic) bond motifs is 1. The molecule has 1 saturated heterocycles. The predicted octanol–water partition coefficient (Wildman–Crippen LogP) is 2.64. The molecule has 2 heterocycles. The molecule has 4 rings (SSSR count). The zero-order valence-corrected chi connectivity index (χ0v) is 14.2. The maximum Gasteiger partial charge on any atom is 0.231 e. The lowest BCUT2D eigenvalue weighted by Crippen LogP contribution is -2.29. The summed E-state index contributed by atoms with van der Waals surface area (Å²) in [6.07, 6.45) is 4.14. The van der Waals surface area contributed by atoms with Gasteiger partial charge >= 0.3 is 0 Å². The first-order chi connectivity index (χ1) is 12.1. The standard InChI is InChI=1S/C19H21N3O3/c1-12(23)22-8-7-16(11-22)19(24)20-18-10-17(21-25-18)15-6-5-13-3-2-4-14(13)9-15/h5-6,9-10,16H,2-4,7-8,11H2,1H3,(H,20,24)/t16-/m1/s1. The van der Waals surface area contributed by atoms with Crippen molar-refractivity contribution >= 4 is 17.7 Å². The normalized spacial score (nSPS) is 19.1. The minimum atomic E-state index is -0.197. The van der Waals surface area contributed by atoms with Crippen molar-refractivity contribution < 1.29 is 14.1 Å². The Morgan fingerprint density at radius 1 is 1.24 bits per heavy atom. The van der Waals surface area contributed by atoms with Crippen molar-refractivity contribution in [2.24, 2.45) is 5.92 Å². The molecule has 1 N–H and O–H groups in total. The lowest BCUT2D eigenvalue weighted by molar-refractivity contribution is -0.128. The number of benzene rings is 1. The molecule has 0 radical (unpaired) electrons. The van der Waals surface area contributed by atoms with Gasteiger partial charge in [0.2, 0.25) is 17.7 Å². The minimum Gasteiger partial charge on any atom is -0.342 e. The van der Waals surface area contributed by atoms with Gasteiger partial charge in [-0.25, -0.2) is 0 Å². The number of likely N-dealkylation sites (tertiary alicyclic amines) is 1. The quantitative estimate of drug-likeness (QED) is 0.933. The molecule has 1 aliphatic heterocycles. The molecule has 2 aromatic rings. The molecule has 0 spiro atoms. The second-order valence-corrected chi connectivity index (χ2v) is 6.85. The molecule has 6 nitrogen and oxygen atoms in total. The van der Waals surface area contributed by atoms with E-state index in [9.17, 15) is 9.59 Å². The van der Waals surface area contributed by atoms with Crippen LogP contribution in [0.5, 0.6) is 0 Å². The highest BCUT2D eigenvalue weighted by Crippen LogP contribution is 2.29. The number of aryl methyl sites for hydroxylation is 2. The third-order valence-corrected chi connectivity index (χ3v) is 5.16. The van der Waals surface area contributed by atoms with Crippen LogP contribution in [0.25, 0.3) is 11.3 Å². The van der Waals surface area contributed by atoms with Crippen molar-refractivity contribution in [3.8, 4) is 11.3 Å². The number of nitrogens with zero attached hydrogens (tertiary/aromatic N) is 2. The van der Waals surface area contributed by atoms with E-state index >= 15 is 0 Å². The fourth-order valence-electron chi connectivity index (χ4n) is 3.69. The molecule has 1 aromatic heterocycles. The van der Waals surface area contributed by atoms with E-state index in [2.05, 4.69) is 28.7 Å². The number of aromatic nitrogens is 1. The highest BCUT2D eigenvalue weighted by molar-refractivity contribution is 5.92. The van der Waals surface area contributed by atoms with E-state index in [1.807, 2.05) is 0 Å². The van der Waals surface area contributed by atoms with E-state index < -0.39 is 0 Å². The van der Waals surface area contributed by atoms with Crippen molar-refractivity contribution in [1.29, 1.82) is 0 Å². The Bertz CT molecular complexity index is 827.